The van der Waals surface area contributed by atoms with Gasteiger partial charge in [-0.3, -0.25) is 0 Å². The van der Waals surface area contributed by atoms with Crippen molar-refractivity contribution in [3.05, 3.63) is 59.1 Å². The van der Waals surface area contributed by atoms with Crippen molar-refractivity contribution in [3.63, 3.8) is 0 Å². The van der Waals surface area contributed by atoms with E-state index in [0.29, 0.717) is 6.04 Å². The topological polar surface area (TPSA) is 21.3 Å². The zero-order valence-electron chi connectivity index (χ0n) is 10.6. The SMILES string of the molecule is Clc1ccc(Oc2cccc([C@@H]3CCCN3)c2)cc1. The van der Waals surface area contributed by atoms with Gasteiger partial charge in [0.25, 0.3) is 0 Å². The van der Waals surface area contributed by atoms with E-state index in [0.717, 1.165) is 23.1 Å². The lowest BCUT2D eigenvalue weighted by atomic mass is 10.1. The van der Waals surface area contributed by atoms with Crippen LogP contribution in [0.1, 0.15) is 24.4 Å². The van der Waals surface area contributed by atoms with Gasteiger partial charge in [-0.25, -0.2) is 0 Å². The van der Waals surface area contributed by atoms with Crippen LogP contribution in [0.25, 0.3) is 0 Å². The summed E-state index contributed by atoms with van der Waals surface area (Å²) >= 11 is 5.86. The van der Waals surface area contributed by atoms with Crippen LogP contribution in [-0.4, -0.2) is 6.54 Å². The fourth-order valence-electron chi connectivity index (χ4n) is 2.40. The van der Waals surface area contributed by atoms with Crippen molar-refractivity contribution in [3.8, 4) is 11.5 Å². The van der Waals surface area contributed by atoms with Crippen LogP contribution in [0.5, 0.6) is 11.5 Å². The second kappa shape index (κ2) is 5.64. The van der Waals surface area contributed by atoms with Crippen LogP contribution in [0.15, 0.2) is 48.5 Å². The minimum Gasteiger partial charge on any atom is -0.457 e. The molecule has 0 radical (unpaired) electrons. The lowest BCUT2D eigenvalue weighted by molar-refractivity contribution is 0.480. The van der Waals surface area contributed by atoms with E-state index in [-0.39, 0.29) is 0 Å². The Hall–Kier alpha value is -1.51. The van der Waals surface area contributed by atoms with Crippen molar-refractivity contribution in [1.29, 1.82) is 0 Å². The summed E-state index contributed by atoms with van der Waals surface area (Å²) in [5.41, 5.74) is 1.30. The van der Waals surface area contributed by atoms with Crippen LogP contribution >= 0.6 is 11.6 Å². The lowest BCUT2D eigenvalue weighted by Gasteiger charge is -2.12. The largest absolute Gasteiger partial charge is 0.457 e. The van der Waals surface area contributed by atoms with Crippen molar-refractivity contribution in [1.82, 2.24) is 5.32 Å². The molecule has 3 rings (SSSR count). The number of nitrogens with one attached hydrogen (secondary N) is 1. The van der Waals surface area contributed by atoms with Crippen LogP contribution in [0.2, 0.25) is 5.02 Å². The molecule has 19 heavy (non-hydrogen) atoms. The van der Waals surface area contributed by atoms with Gasteiger partial charge in [0.2, 0.25) is 0 Å². The van der Waals surface area contributed by atoms with Gasteiger partial charge in [0.1, 0.15) is 11.5 Å². The Morgan fingerprint density at radius 3 is 2.63 bits per heavy atom. The van der Waals surface area contributed by atoms with Gasteiger partial charge in [0, 0.05) is 11.1 Å². The zero-order valence-corrected chi connectivity index (χ0v) is 11.4. The number of rotatable bonds is 3. The first-order valence-corrected chi connectivity index (χ1v) is 6.96. The quantitative estimate of drug-likeness (QED) is 0.885. The smallest absolute Gasteiger partial charge is 0.127 e. The highest BCUT2D eigenvalue weighted by Gasteiger charge is 2.16. The second-order valence-corrected chi connectivity index (χ2v) is 5.21. The predicted octanol–water partition coefficient (Wildman–Crippen LogP) is 4.56. The molecule has 1 heterocycles. The van der Waals surface area contributed by atoms with Crippen LogP contribution in [-0.2, 0) is 0 Å². The lowest BCUT2D eigenvalue weighted by Crippen LogP contribution is -2.12. The Bertz CT molecular complexity index is 547. The molecule has 2 aromatic carbocycles. The summed E-state index contributed by atoms with van der Waals surface area (Å²) in [5.74, 6) is 1.68. The third-order valence-corrected chi connectivity index (χ3v) is 3.62. The van der Waals surface area contributed by atoms with Gasteiger partial charge in [-0.1, -0.05) is 23.7 Å². The highest BCUT2D eigenvalue weighted by molar-refractivity contribution is 6.30. The Kier molecular flexibility index (Phi) is 3.72. The fraction of sp³-hybridized carbons (Fsp3) is 0.250. The molecule has 1 aliphatic heterocycles. The van der Waals surface area contributed by atoms with E-state index in [4.69, 9.17) is 16.3 Å². The van der Waals surface area contributed by atoms with E-state index in [1.807, 2.05) is 36.4 Å². The Morgan fingerprint density at radius 1 is 1.05 bits per heavy atom. The fourth-order valence-corrected chi connectivity index (χ4v) is 2.53. The maximum atomic E-state index is 5.86. The Labute approximate surface area is 118 Å². The third kappa shape index (κ3) is 3.09. The molecule has 1 N–H and O–H groups in total. The number of hydrogen-bond donors (Lipinski definition) is 1. The van der Waals surface area contributed by atoms with E-state index in [9.17, 15) is 0 Å². The van der Waals surface area contributed by atoms with Gasteiger partial charge in [0.15, 0.2) is 0 Å². The molecule has 1 fully saturated rings. The second-order valence-electron chi connectivity index (χ2n) is 4.78. The molecule has 98 valence electrons. The maximum Gasteiger partial charge on any atom is 0.127 e. The van der Waals surface area contributed by atoms with Crippen molar-refractivity contribution in [2.75, 3.05) is 6.54 Å². The molecule has 3 heteroatoms. The highest BCUT2D eigenvalue weighted by Crippen LogP contribution is 2.28. The maximum absolute atomic E-state index is 5.86. The summed E-state index contributed by atoms with van der Waals surface area (Å²) in [4.78, 5) is 0. The van der Waals surface area contributed by atoms with E-state index < -0.39 is 0 Å². The zero-order chi connectivity index (χ0) is 13.1. The van der Waals surface area contributed by atoms with Crippen LogP contribution < -0.4 is 10.1 Å². The summed E-state index contributed by atoms with van der Waals surface area (Å²) in [5, 5.41) is 4.22. The van der Waals surface area contributed by atoms with E-state index >= 15 is 0 Å². The first-order valence-electron chi connectivity index (χ1n) is 6.58. The molecule has 0 amide bonds. The Morgan fingerprint density at radius 2 is 1.89 bits per heavy atom. The third-order valence-electron chi connectivity index (χ3n) is 3.37. The van der Waals surface area contributed by atoms with Crippen molar-refractivity contribution < 1.29 is 4.74 Å². The predicted molar refractivity (Wildman–Crippen MR) is 77.9 cm³/mol. The van der Waals surface area contributed by atoms with Crippen LogP contribution in [0.4, 0.5) is 0 Å². The van der Waals surface area contributed by atoms with E-state index in [2.05, 4.69) is 17.4 Å². The van der Waals surface area contributed by atoms with Crippen molar-refractivity contribution in [2.24, 2.45) is 0 Å². The van der Waals surface area contributed by atoms with Gasteiger partial charge in [-0.05, 0) is 61.3 Å². The van der Waals surface area contributed by atoms with E-state index in [1.54, 1.807) is 0 Å². The van der Waals surface area contributed by atoms with Gasteiger partial charge in [-0.2, -0.15) is 0 Å². The average molecular weight is 274 g/mol. The minimum absolute atomic E-state index is 0.466. The average Bonchev–Trinajstić information content (AvgIpc) is 2.96. The summed E-state index contributed by atoms with van der Waals surface area (Å²) in [6.07, 6.45) is 2.44. The van der Waals surface area contributed by atoms with Gasteiger partial charge >= 0.3 is 0 Å². The Balaban J connectivity index is 1.77. The van der Waals surface area contributed by atoms with Gasteiger partial charge < -0.3 is 10.1 Å². The molecular formula is C16H16ClNO. The standard InChI is InChI=1S/C16H16ClNO/c17-13-6-8-14(9-7-13)19-15-4-1-3-12(11-15)16-5-2-10-18-16/h1,3-4,6-9,11,16,18H,2,5,10H2/t16-/m0/s1. The number of ether oxygens (including phenoxy) is 1. The monoisotopic (exact) mass is 273 g/mol. The molecule has 0 saturated carbocycles. The highest BCUT2D eigenvalue weighted by atomic mass is 35.5. The molecule has 2 aromatic rings. The van der Waals surface area contributed by atoms with Crippen molar-refractivity contribution in [2.45, 2.75) is 18.9 Å². The molecule has 1 saturated heterocycles. The number of hydrogen-bond acceptors (Lipinski definition) is 2. The molecular weight excluding hydrogens is 258 g/mol. The molecule has 0 aliphatic carbocycles. The molecule has 2 nitrogen and oxygen atoms in total. The molecule has 1 aliphatic rings. The number of benzene rings is 2. The normalized spacial score (nSPS) is 18.5. The minimum atomic E-state index is 0.466. The summed E-state index contributed by atoms with van der Waals surface area (Å²) in [6.45, 7) is 1.10. The molecule has 0 bridgehead atoms. The first kappa shape index (κ1) is 12.5. The van der Waals surface area contributed by atoms with Gasteiger partial charge in [0.05, 0.1) is 0 Å². The summed E-state index contributed by atoms with van der Waals surface area (Å²) < 4.78 is 5.85. The molecule has 0 aromatic heterocycles. The van der Waals surface area contributed by atoms with E-state index in [1.165, 1.54) is 18.4 Å². The summed E-state index contributed by atoms with van der Waals surface area (Å²) in [7, 11) is 0. The summed E-state index contributed by atoms with van der Waals surface area (Å²) in [6, 6.07) is 16.2. The molecule has 1 atom stereocenters. The first-order chi connectivity index (χ1) is 9.31. The number of halogens is 1. The molecule has 0 spiro atoms. The molecule has 0 unspecified atom stereocenters. The van der Waals surface area contributed by atoms with Crippen molar-refractivity contribution >= 4 is 11.6 Å². The van der Waals surface area contributed by atoms with Crippen LogP contribution in [0, 0.1) is 0 Å². The van der Waals surface area contributed by atoms with Crippen LogP contribution in [0.3, 0.4) is 0 Å². The van der Waals surface area contributed by atoms with Gasteiger partial charge in [-0.15, -0.1) is 0 Å².